The molecule has 0 saturated heterocycles. The number of carbonyl (C=O) groups is 2. The maximum absolute atomic E-state index is 12.9. The van der Waals surface area contributed by atoms with Gasteiger partial charge in [-0.3, -0.25) is 9.59 Å². The lowest BCUT2D eigenvalue weighted by atomic mass is 10.0. The zero-order valence-electron chi connectivity index (χ0n) is 16.8. The van der Waals surface area contributed by atoms with Crippen LogP contribution in [0.1, 0.15) is 32.0 Å². The van der Waals surface area contributed by atoms with Crippen molar-refractivity contribution in [2.75, 3.05) is 31.0 Å². The molecule has 2 amide bonds. The number of hydrogen-bond acceptors (Lipinski definition) is 5. The summed E-state index contributed by atoms with van der Waals surface area (Å²) in [6.45, 7) is 0.661. The molecule has 0 unspecified atom stereocenters. The topological polar surface area (TPSA) is 67.9 Å². The minimum Gasteiger partial charge on any atom is -0.497 e. The quantitative estimate of drug-likeness (QED) is 0.652. The zero-order valence-corrected chi connectivity index (χ0v) is 17.6. The van der Waals surface area contributed by atoms with Gasteiger partial charge in [0.1, 0.15) is 11.5 Å². The monoisotopic (exact) mass is 422 g/mol. The maximum atomic E-state index is 12.9. The fourth-order valence-electron chi connectivity index (χ4n) is 3.54. The molecule has 30 heavy (non-hydrogen) atoms. The van der Waals surface area contributed by atoms with Crippen molar-refractivity contribution in [2.45, 2.75) is 12.8 Å². The van der Waals surface area contributed by atoms with Gasteiger partial charge in [0.25, 0.3) is 11.8 Å². The van der Waals surface area contributed by atoms with Gasteiger partial charge in [-0.15, -0.1) is 11.3 Å². The molecule has 7 heteroatoms. The molecule has 0 spiro atoms. The van der Waals surface area contributed by atoms with Gasteiger partial charge in [-0.05, 0) is 54.1 Å². The fourth-order valence-corrected chi connectivity index (χ4v) is 4.21. The number of fused-ring (bicyclic) bond motifs is 1. The lowest BCUT2D eigenvalue weighted by Crippen LogP contribution is -2.35. The molecule has 1 aliphatic rings. The number of methoxy groups -OCH3 is 2. The Morgan fingerprint density at radius 1 is 1.03 bits per heavy atom. The molecule has 1 aliphatic heterocycles. The number of benzene rings is 2. The number of ether oxygens (including phenoxy) is 2. The van der Waals surface area contributed by atoms with Crippen molar-refractivity contribution in [3.8, 4) is 11.5 Å². The molecule has 0 radical (unpaired) electrons. The summed E-state index contributed by atoms with van der Waals surface area (Å²) in [6, 6.07) is 14.5. The summed E-state index contributed by atoms with van der Waals surface area (Å²) in [5, 5.41) is 4.82. The van der Waals surface area contributed by atoms with Crippen LogP contribution >= 0.6 is 11.3 Å². The predicted molar refractivity (Wildman–Crippen MR) is 118 cm³/mol. The third kappa shape index (κ3) is 4.02. The van der Waals surface area contributed by atoms with Crippen LogP contribution in [0.4, 0.5) is 11.4 Å². The van der Waals surface area contributed by atoms with Crippen LogP contribution in [0.3, 0.4) is 0 Å². The minimum atomic E-state index is -0.279. The molecular weight excluding hydrogens is 400 g/mol. The van der Waals surface area contributed by atoms with Gasteiger partial charge in [-0.25, -0.2) is 0 Å². The van der Waals surface area contributed by atoms with Crippen molar-refractivity contribution >= 4 is 34.5 Å². The summed E-state index contributed by atoms with van der Waals surface area (Å²) in [5.74, 6) is 0.793. The van der Waals surface area contributed by atoms with Crippen molar-refractivity contribution < 1.29 is 19.1 Å². The van der Waals surface area contributed by atoms with E-state index >= 15 is 0 Å². The fraction of sp³-hybridized carbons (Fsp3) is 0.217. The van der Waals surface area contributed by atoms with Gasteiger partial charge in [-0.1, -0.05) is 12.1 Å². The molecule has 4 rings (SSSR count). The van der Waals surface area contributed by atoms with Crippen LogP contribution in [0.5, 0.6) is 11.5 Å². The molecule has 2 heterocycles. The van der Waals surface area contributed by atoms with E-state index in [9.17, 15) is 9.59 Å². The molecule has 3 aromatic rings. The number of anilines is 2. The third-order valence-electron chi connectivity index (χ3n) is 5.05. The number of aryl methyl sites for hydroxylation is 1. The molecule has 1 aromatic heterocycles. The highest BCUT2D eigenvalue weighted by Gasteiger charge is 2.24. The van der Waals surface area contributed by atoms with Crippen molar-refractivity contribution in [2.24, 2.45) is 0 Å². The van der Waals surface area contributed by atoms with Gasteiger partial charge in [0.2, 0.25) is 0 Å². The first-order valence-corrected chi connectivity index (χ1v) is 10.5. The van der Waals surface area contributed by atoms with Gasteiger partial charge in [0.05, 0.1) is 19.1 Å². The van der Waals surface area contributed by atoms with E-state index in [-0.39, 0.29) is 11.8 Å². The van der Waals surface area contributed by atoms with E-state index in [1.807, 2.05) is 35.7 Å². The van der Waals surface area contributed by atoms with E-state index in [1.165, 1.54) is 11.3 Å². The van der Waals surface area contributed by atoms with E-state index < -0.39 is 0 Å². The van der Waals surface area contributed by atoms with E-state index in [4.69, 9.17) is 9.47 Å². The van der Waals surface area contributed by atoms with Crippen LogP contribution in [0.2, 0.25) is 0 Å². The highest BCUT2D eigenvalue weighted by molar-refractivity contribution is 7.12. The second-order valence-corrected chi connectivity index (χ2v) is 7.88. The largest absolute Gasteiger partial charge is 0.497 e. The van der Waals surface area contributed by atoms with E-state index in [2.05, 4.69) is 5.32 Å². The number of thiophene rings is 1. The zero-order chi connectivity index (χ0) is 21.1. The van der Waals surface area contributed by atoms with Gasteiger partial charge in [0, 0.05) is 29.5 Å². The summed E-state index contributed by atoms with van der Waals surface area (Å²) < 4.78 is 10.5. The summed E-state index contributed by atoms with van der Waals surface area (Å²) in [7, 11) is 3.08. The summed E-state index contributed by atoms with van der Waals surface area (Å²) in [4.78, 5) is 28.3. The Bertz CT molecular complexity index is 1060. The van der Waals surface area contributed by atoms with Crippen LogP contribution in [-0.2, 0) is 6.42 Å². The smallest absolute Gasteiger partial charge is 0.268 e. The van der Waals surface area contributed by atoms with Gasteiger partial charge in [0.15, 0.2) is 0 Å². The molecule has 0 aliphatic carbocycles. The Balaban J connectivity index is 1.60. The Labute approximate surface area is 179 Å². The summed E-state index contributed by atoms with van der Waals surface area (Å²) in [6.07, 6.45) is 1.82. The van der Waals surface area contributed by atoms with Gasteiger partial charge in [-0.2, -0.15) is 0 Å². The minimum absolute atomic E-state index is 0.00745. The summed E-state index contributed by atoms with van der Waals surface area (Å²) >= 11 is 1.43. The molecule has 0 atom stereocenters. The molecule has 0 bridgehead atoms. The Morgan fingerprint density at radius 3 is 2.47 bits per heavy atom. The predicted octanol–water partition coefficient (Wildman–Crippen LogP) is 4.61. The molecule has 1 N–H and O–H groups in total. The van der Waals surface area contributed by atoms with E-state index in [0.717, 1.165) is 24.1 Å². The van der Waals surface area contributed by atoms with Crippen LogP contribution in [0.15, 0.2) is 53.9 Å². The Kier molecular flexibility index (Phi) is 5.72. The van der Waals surface area contributed by atoms with Crippen LogP contribution in [0, 0.1) is 0 Å². The number of nitrogens with one attached hydrogen (secondary N) is 1. The first-order valence-electron chi connectivity index (χ1n) is 9.62. The lowest BCUT2D eigenvalue weighted by molar-refractivity contribution is 0.0987. The number of nitrogens with zero attached hydrogens (tertiary/aromatic N) is 1. The maximum Gasteiger partial charge on any atom is 0.268 e. The highest BCUT2D eigenvalue weighted by Crippen LogP contribution is 2.32. The second-order valence-electron chi connectivity index (χ2n) is 6.94. The summed E-state index contributed by atoms with van der Waals surface area (Å²) in [5.41, 5.74) is 3.01. The van der Waals surface area contributed by atoms with E-state index in [0.29, 0.717) is 34.2 Å². The van der Waals surface area contributed by atoms with Gasteiger partial charge >= 0.3 is 0 Å². The van der Waals surface area contributed by atoms with Crippen molar-refractivity contribution in [1.29, 1.82) is 0 Å². The molecular formula is C23H22N2O4S. The van der Waals surface area contributed by atoms with E-state index in [1.54, 1.807) is 37.3 Å². The standard InChI is InChI=1S/C23H22N2O4S/c1-28-18-11-16(12-19(14-18)29-2)22(26)24-17-8-7-15-5-3-9-25(20(15)13-17)23(27)21-6-4-10-30-21/h4,6-8,10-14H,3,5,9H2,1-2H3,(H,24,26). The van der Waals surface area contributed by atoms with Crippen molar-refractivity contribution in [3.05, 3.63) is 69.9 Å². The Hall–Kier alpha value is -3.32. The van der Waals surface area contributed by atoms with Crippen LogP contribution < -0.4 is 19.7 Å². The average Bonchev–Trinajstić information content (AvgIpc) is 3.32. The van der Waals surface area contributed by atoms with Crippen molar-refractivity contribution in [1.82, 2.24) is 0 Å². The number of carbonyl (C=O) groups excluding carboxylic acids is 2. The SMILES string of the molecule is COc1cc(OC)cc(C(=O)Nc2ccc3c(c2)N(C(=O)c2cccs2)CCC3)c1. The Morgan fingerprint density at radius 2 is 1.80 bits per heavy atom. The molecule has 2 aromatic carbocycles. The number of amides is 2. The normalized spacial score (nSPS) is 12.8. The molecule has 0 fully saturated rings. The molecule has 154 valence electrons. The molecule has 0 saturated carbocycles. The van der Waals surface area contributed by atoms with Crippen LogP contribution in [0.25, 0.3) is 0 Å². The number of hydrogen-bond donors (Lipinski definition) is 1. The van der Waals surface area contributed by atoms with Crippen LogP contribution in [-0.4, -0.2) is 32.6 Å². The average molecular weight is 423 g/mol. The third-order valence-corrected chi connectivity index (χ3v) is 5.91. The lowest BCUT2D eigenvalue weighted by Gasteiger charge is -2.29. The second kappa shape index (κ2) is 8.59. The first-order chi connectivity index (χ1) is 14.6. The highest BCUT2D eigenvalue weighted by atomic mass is 32.1. The molecule has 6 nitrogen and oxygen atoms in total. The first kappa shape index (κ1) is 20.0. The van der Waals surface area contributed by atoms with Gasteiger partial charge < -0.3 is 19.7 Å². The van der Waals surface area contributed by atoms with Crippen molar-refractivity contribution in [3.63, 3.8) is 0 Å². The number of rotatable bonds is 5.